The van der Waals surface area contributed by atoms with E-state index in [-0.39, 0.29) is 23.0 Å². The Morgan fingerprint density at radius 3 is 2.61 bits per heavy atom. The Morgan fingerprint density at radius 2 is 1.96 bits per heavy atom. The van der Waals surface area contributed by atoms with Gasteiger partial charge >= 0.3 is 5.97 Å². The first-order valence-corrected chi connectivity index (χ1v) is 9.11. The van der Waals surface area contributed by atoms with Crippen LogP contribution in [0.5, 0.6) is 5.75 Å². The number of rotatable bonds is 5. The number of nitrogens with zero attached hydrogens (tertiary/aromatic N) is 4. The molecule has 1 N–H and O–H groups in total. The molecule has 0 fully saturated rings. The number of hydrogen-bond donors (Lipinski definition) is 1. The summed E-state index contributed by atoms with van der Waals surface area (Å²) < 4.78 is 11.5. The topological polar surface area (TPSA) is 108 Å². The number of methoxy groups -OCH3 is 2. The average Bonchev–Trinajstić information content (AvgIpc) is 3.43. The van der Waals surface area contributed by atoms with Crippen molar-refractivity contribution in [3.05, 3.63) is 63.5 Å². The number of tetrazole rings is 1. The first-order valence-electron chi connectivity index (χ1n) is 8.23. The molecule has 0 unspecified atom stereocenters. The van der Waals surface area contributed by atoms with Crippen LogP contribution in [0.4, 0.5) is 5.95 Å². The first-order chi connectivity index (χ1) is 13.6. The minimum Gasteiger partial charge on any atom is -0.497 e. The molecule has 1 aliphatic rings. The lowest BCUT2D eigenvalue weighted by Crippen LogP contribution is -2.32. The van der Waals surface area contributed by atoms with E-state index in [0.29, 0.717) is 11.3 Å². The number of ether oxygens (including phenoxy) is 2. The van der Waals surface area contributed by atoms with Crippen LogP contribution in [0.3, 0.4) is 0 Å². The maximum absolute atomic E-state index is 13.4. The SMILES string of the molecule is COC(=O)C1=C(C(=O)c2ccc(OC)cc2)[C@H](c2cccs2)n2nnnc2N1. The van der Waals surface area contributed by atoms with E-state index in [1.807, 2.05) is 17.5 Å². The quantitative estimate of drug-likeness (QED) is 0.515. The number of benzene rings is 1. The summed E-state index contributed by atoms with van der Waals surface area (Å²) in [7, 11) is 2.80. The van der Waals surface area contributed by atoms with E-state index in [4.69, 9.17) is 9.47 Å². The summed E-state index contributed by atoms with van der Waals surface area (Å²) in [5.74, 6) is -0.133. The second-order valence-electron chi connectivity index (χ2n) is 5.83. The second-order valence-corrected chi connectivity index (χ2v) is 6.81. The lowest BCUT2D eigenvalue weighted by Gasteiger charge is -2.27. The number of ketones is 1. The van der Waals surface area contributed by atoms with Crippen LogP contribution < -0.4 is 10.1 Å². The van der Waals surface area contributed by atoms with Crippen LogP contribution in [0, 0.1) is 0 Å². The van der Waals surface area contributed by atoms with Gasteiger partial charge in [0.25, 0.3) is 0 Å². The van der Waals surface area contributed by atoms with Crippen molar-refractivity contribution >= 4 is 29.0 Å². The van der Waals surface area contributed by atoms with Gasteiger partial charge in [-0.2, -0.15) is 4.68 Å². The van der Waals surface area contributed by atoms with Crippen molar-refractivity contribution in [2.75, 3.05) is 19.5 Å². The Labute approximate surface area is 163 Å². The predicted octanol–water partition coefficient (Wildman–Crippen LogP) is 2.07. The number of thiophene rings is 1. The molecule has 9 nitrogen and oxygen atoms in total. The Bertz CT molecular complexity index is 1060. The number of aromatic nitrogens is 4. The molecule has 3 heterocycles. The normalized spacial score (nSPS) is 15.6. The largest absolute Gasteiger partial charge is 0.497 e. The van der Waals surface area contributed by atoms with E-state index in [1.165, 1.54) is 23.1 Å². The van der Waals surface area contributed by atoms with Crippen LogP contribution in [-0.4, -0.2) is 46.2 Å². The number of carbonyl (C=O) groups excluding carboxylic acids is 2. The molecule has 0 amide bonds. The molecule has 0 bridgehead atoms. The molecule has 10 heteroatoms. The standard InChI is InChI=1S/C18H15N5O4S/c1-26-11-7-5-10(6-8-11)16(24)13-14(17(25)27-2)19-18-20-21-22-23(18)15(13)12-4-3-9-28-12/h3-9,15H,1-2H3,(H,19,20,22)/t15-/m0/s1. The van der Waals surface area contributed by atoms with Crippen molar-refractivity contribution in [1.29, 1.82) is 0 Å². The smallest absolute Gasteiger partial charge is 0.355 e. The zero-order valence-corrected chi connectivity index (χ0v) is 15.8. The highest BCUT2D eigenvalue weighted by molar-refractivity contribution is 7.10. The summed E-state index contributed by atoms with van der Waals surface area (Å²) in [5.41, 5.74) is 0.625. The number of carbonyl (C=O) groups is 2. The van der Waals surface area contributed by atoms with Gasteiger partial charge in [-0.1, -0.05) is 11.2 Å². The van der Waals surface area contributed by atoms with Crippen LogP contribution in [0.25, 0.3) is 0 Å². The predicted molar refractivity (Wildman–Crippen MR) is 100 cm³/mol. The fraction of sp³-hybridized carbons (Fsp3) is 0.167. The minimum absolute atomic E-state index is 0.0176. The highest BCUT2D eigenvalue weighted by Crippen LogP contribution is 2.38. The summed E-state index contributed by atoms with van der Waals surface area (Å²) in [6.45, 7) is 0. The fourth-order valence-corrected chi connectivity index (χ4v) is 3.81. The van der Waals surface area contributed by atoms with Crippen molar-refractivity contribution in [3.63, 3.8) is 0 Å². The second kappa shape index (κ2) is 7.24. The summed E-state index contributed by atoms with van der Waals surface area (Å²) in [6.07, 6.45) is 0. The molecule has 3 aromatic rings. The summed E-state index contributed by atoms with van der Waals surface area (Å²) in [5, 5.41) is 16.3. The van der Waals surface area contributed by atoms with Gasteiger partial charge in [0.05, 0.1) is 19.8 Å². The van der Waals surface area contributed by atoms with Gasteiger partial charge in [0.15, 0.2) is 5.78 Å². The van der Waals surface area contributed by atoms with Crippen molar-refractivity contribution in [2.45, 2.75) is 6.04 Å². The van der Waals surface area contributed by atoms with Crippen LogP contribution in [0.2, 0.25) is 0 Å². The van der Waals surface area contributed by atoms with Crippen LogP contribution in [0.15, 0.2) is 53.0 Å². The van der Waals surface area contributed by atoms with Gasteiger partial charge in [0.1, 0.15) is 17.5 Å². The zero-order chi connectivity index (χ0) is 19.7. The lowest BCUT2D eigenvalue weighted by atomic mass is 9.93. The number of Topliss-reactive ketones (excluding diaryl/α,β-unsaturated/α-hetero) is 1. The maximum Gasteiger partial charge on any atom is 0.355 e. The van der Waals surface area contributed by atoms with Gasteiger partial charge in [0, 0.05) is 10.4 Å². The number of fused-ring (bicyclic) bond motifs is 1. The lowest BCUT2D eigenvalue weighted by molar-refractivity contribution is -0.136. The van der Waals surface area contributed by atoms with Crippen LogP contribution in [0.1, 0.15) is 21.3 Å². The molecule has 1 atom stereocenters. The Kier molecular flexibility index (Phi) is 4.62. The van der Waals surface area contributed by atoms with Gasteiger partial charge in [-0.3, -0.25) is 4.79 Å². The molecule has 0 saturated heterocycles. The Hall–Kier alpha value is -3.53. The third-order valence-corrected chi connectivity index (χ3v) is 5.24. The van der Waals surface area contributed by atoms with Gasteiger partial charge in [0.2, 0.25) is 5.95 Å². The maximum atomic E-state index is 13.4. The highest BCUT2D eigenvalue weighted by Gasteiger charge is 2.38. The van der Waals surface area contributed by atoms with E-state index in [2.05, 4.69) is 20.8 Å². The molecular formula is C18H15N5O4S. The van der Waals surface area contributed by atoms with Gasteiger partial charge in [-0.25, -0.2) is 4.79 Å². The fourth-order valence-electron chi connectivity index (χ4n) is 3.00. The number of esters is 1. The van der Waals surface area contributed by atoms with Crippen molar-refractivity contribution in [3.8, 4) is 5.75 Å². The van der Waals surface area contributed by atoms with E-state index < -0.39 is 12.0 Å². The first kappa shape index (κ1) is 17.9. The molecule has 0 aliphatic carbocycles. The third-order valence-electron chi connectivity index (χ3n) is 4.32. The highest BCUT2D eigenvalue weighted by atomic mass is 32.1. The average molecular weight is 397 g/mol. The summed E-state index contributed by atoms with van der Waals surface area (Å²) >= 11 is 1.44. The van der Waals surface area contributed by atoms with Gasteiger partial charge < -0.3 is 14.8 Å². The number of allylic oxidation sites excluding steroid dienone is 1. The van der Waals surface area contributed by atoms with E-state index in [9.17, 15) is 9.59 Å². The molecule has 0 saturated carbocycles. The molecule has 4 rings (SSSR count). The minimum atomic E-state index is -0.673. The molecule has 0 spiro atoms. The number of nitrogens with one attached hydrogen (secondary N) is 1. The van der Waals surface area contributed by atoms with Crippen molar-refractivity contribution in [2.24, 2.45) is 0 Å². The number of anilines is 1. The summed E-state index contributed by atoms with van der Waals surface area (Å²) in [6, 6.07) is 9.72. The monoisotopic (exact) mass is 397 g/mol. The summed E-state index contributed by atoms with van der Waals surface area (Å²) in [4.78, 5) is 26.7. The van der Waals surface area contributed by atoms with Crippen LogP contribution in [-0.2, 0) is 9.53 Å². The van der Waals surface area contributed by atoms with E-state index >= 15 is 0 Å². The molecular weight excluding hydrogens is 382 g/mol. The van der Waals surface area contributed by atoms with Crippen molar-refractivity contribution < 1.29 is 19.1 Å². The molecule has 0 radical (unpaired) electrons. The van der Waals surface area contributed by atoms with Crippen molar-refractivity contribution in [1.82, 2.24) is 20.2 Å². The Morgan fingerprint density at radius 1 is 1.18 bits per heavy atom. The molecule has 2 aromatic heterocycles. The zero-order valence-electron chi connectivity index (χ0n) is 14.9. The van der Waals surface area contributed by atoms with E-state index in [0.717, 1.165) is 4.88 Å². The third kappa shape index (κ3) is 2.93. The van der Waals surface area contributed by atoms with Gasteiger partial charge in [-0.15, -0.1) is 11.3 Å². The molecule has 1 aliphatic heterocycles. The number of hydrogen-bond acceptors (Lipinski definition) is 9. The molecule has 142 valence electrons. The van der Waals surface area contributed by atoms with Gasteiger partial charge in [-0.05, 0) is 46.1 Å². The Balaban J connectivity index is 1.90. The van der Waals surface area contributed by atoms with Crippen LogP contribution >= 0.6 is 11.3 Å². The van der Waals surface area contributed by atoms with E-state index in [1.54, 1.807) is 31.4 Å². The molecule has 28 heavy (non-hydrogen) atoms. The molecule has 1 aromatic carbocycles.